The molecule has 0 amide bonds. The summed E-state index contributed by atoms with van der Waals surface area (Å²) in [6.07, 6.45) is 1.70. The van der Waals surface area contributed by atoms with Gasteiger partial charge in [-0.05, 0) is 25.0 Å². The molecule has 2 rings (SSSR count). The zero-order valence-corrected chi connectivity index (χ0v) is 9.91. The van der Waals surface area contributed by atoms with Crippen molar-refractivity contribution < 1.29 is 13.2 Å². The molecule has 0 aromatic heterocycles. The average molecular weight is 241 g/mol. The van der Waals surface area contributed by atoms with Crippen molar-refractivity contribution in [2.24, 2.45) is 0 Å². The Morgan fingerprint density at radius 2 is 1.88 bits per heavy atom. The van der Waals surface area contributed by atoms with E-state index in [-0.39, 0.29) is 12.1 Å². The molecule has 88 valence electrons. The van der Waals surface area contributed by atoms with Gasteiger partial charge in [-0.15, -0.1) is 0 Å². The summed E-state index contributed by atoms with van der Waals surface area (Å²) in [6.45, 7) is 0. The van der Waals surface area contributed by atoms with Gasteiger partial charge in [-0.2, -0.15) is 0 Å². The van der Waals surface area contributed by atoms with Crippen LogP contribution in [0.15, 0.2) is 35.2 Å². The number of hydrogen-bond acceptors (Lipinski definition) is 3. The summed E-state index contributed by atoms with van der Waals surface area (Å²) in [5.41, 5.74) is 0. The minimum absolute atomic E-state index is 0.00940. The predicted molar refractivity (Wildman–Crippen MR) is 60.6 cm³/mol. The molecule has 0 unspecified atom stereocenters. The van der Waals surface area contributed by atoms with Crippen LogP contribution in [0.25, 0.3) is 0 Å². The summed E-state index contributed by atoms with van der Waals surface area (Å²) in [4.78, 5) is 0.316. The van der Waals surface area contributed by atoms with E-state index in [0.717, 1.165) is 12.8 Å². The Kier molecular flexibility index (Phi) is 3.28. The van der Waals surface area contributed by atoms with Gasteiger partial charge in [0.05, 0.1) is 11.0 Å². The van der Waals surface area contributed by atoms with Crippen LogP contribution in [0.1, 0.15) is 12.8 Å². The molecule has 1 N–H and O–H groups in total. The highest BCUT2D eigenvalue weighted by Crippen LogP contribution is 2.24. The minimum Gasteiger partial charge on any atom is -0.381 e. The highest BCUT2D eigenvalue weighted by molar-refractivity contribution is 7.89. The fraction of sp³-hybridized carbons (Fsp3) is 0.455. The Morgan fingerprint density at radius 1 is 1.25 bits per heavy atom. The van der Waals surface area contributed by atoms with Crippen molar-refractivity contribution in [2.45, 2.75) is 29.9 Å². The zero-order chi connectivity index (χ0) is 11.6. The maximum Gasteiger partial charge on any atom is 0.240 e. The third-order valence-electron chi connectivity index (χ3n) is 2.80. The lowest BCUT2D eigenvalue weighted by Crippen LogP contribution is -2.47. The van der Waals surface area contributed by atoms with E-state index in [1.165, 1.54) is 0 Å². The van der Waals surface area contributed by atoms with Crippen LogP contribution in [0, 0.1) is 0 Å². The summed E-state index contributed by atoms with van der Waals surface area (Å²) in [5, 5.41) is 0. The van der Waals surface area contributed by atoms with Crippen molar-refractivity contribution in [2.75, 3.05) is 7.11 Å². The van der Waals surface area contributed by atoms with E-state index in [4.69, 9.17) is 4.74 Å². The first-order chi connectivity index (χ1) is 7.62. The van der Waals surface area contributed by atoms with Crippen LogP contribution in [0.4, 0.5) is 0 Å². The maximum atomic E-state index is 11.9. The molecule has 16 heavy (non-hydrogen) atoms. The lowest BCUT2D eigenvalue weighted by Gasteiger charge is -2.34. The molecule has 1 fully saturated rings. The van der Waals surface area contributed by atoms with Crippen molar-refractivity contribution >= 4 is 10.0 Å². The van der Waals surface area contributed by atoms with Crippen LogP contribution in [-0.4, -0.2) is 27.7 Å². The first-order valence-electron chi connectivity index (χ1n) is 5.22. The topological polar surface area (TPSA) is 55.4 Å². The molecule has 0 spiro atoms. The number of ether oxygens (including phenoxy) is 1. The van der Waals surface area contributed by atoms with E-state index < -0.39 is 10.0 Å². The number of nitrogens with one attached hydrogen (secondary N) is 1. The summed E-state index contributed by atoms with van der Waals surface area (Å²) in [6, 6.07) is 8.42. The fourth-order valence-corrected chi connectivity index (χ4v) is 3.02. The Morgan fingerprint density at radius 3 is 2.44 bits per heavy atom. The summed E-state index contributed by atoms with van der Waals surface area (Å²) in [5.74, 6) is 0. The van der Waals surface area contributed by atoms with E-state index >= 15 is 0 Å². The molecule has 0 saturated heterocycles. The van der Waals surface area contributed by atoms with Crippen molar-refractivity contribution in [1.29, 1.82) is 0 Å². The zero-order valence-electron chi connectivity index (χ0n) is 9.09. The van der Waals surface area contributed by atoms with E-state index in [1.807, 2.05) is 0 Å². The second-order valence-corrected chi connectivity index (χ2v) is 5.67. The first-order valence-corrected chi connectivity index (χ1v) is 6.70. The second-order valence-electron chi connectivity index (χ2n) is 3.96. The van der Waals surface area contributed by atoms with Gasteiger partial charge in [0.1, 0.15) is 0 Å². The Hall–Kier alpha value is -0.910. The Bertz CT molecular complexity index is 438. The Labute approximate surface area is 95.7 Å². The summed E-state index contributed by atoms with van der Waals surface area (Å²) in [7, 11) is -1.71. The van der Waals surface area contributed by atoms with Crippen LogP contribution < -0.4 is 4.72 Å². The fourth-order valence-electron chi connectivity index (χ4n) is 1.74. The number of methoxy groups -OCH3 is 1. The minimum atomic E-state index is -3.36. The number of hydrogen-bond donors (Lipinski definition) is 1. The number of rotatable bonds is 4. The molecule has 0 radical (unpaired) electrons. The third kappa shape index (κ3) is 2.42. The van der Waals surface area contributed by atoms with E-state index in [9.17, 15) is 8.42 Å². The molecule has 0 bridgehead atoms. The highest BCUT2D eigenvalue weighted by atomic mass is 32.2. The maximum absolute atomic E-state index is 11.9. The standard InChI is InChI=1S/C11H15NO3S/c1-15-10-7-9(8-10)12-16(13,14)11-5-3-2-4-6-11/h2-6,9-10,12H,7-8H2,1H3. The van der Waals surface area contributed by atoms with Crippen molar-refractivity contribution in [3.05, 3.63) is 30.3 Å². The van der Waals surface area contributed by atoms with Gasteiger partial charge in [0.25, 0.3) is 0 Å². The van der Waals surface area contributed by atoms with Crippen LogP contribution >= 0.6 is 0 Å². The van der Waals surface area contributed by atoms with Crippen LogP contribution in [0.5, 0.6) is 0 Å². The monoisotopic (exact) mass is 241 g/mol. The van der Waals surface area contributed by atoms with Gasteiger partial charge in [0.2, 0.25) is 10.0 Å². The molecular weight excluding hydrogens is 226 g/mol. The molecule has 1 aliphatic rings. The van der Waals surface area contributed by atoms with E-state index in [1.54, 1.807) is 37.4 Å². The number of sulfonamides is 1. The van der Waals surface area contributed by atoms with Crippen molar-refractivity contribution in [1.82, 2.24) is 4.72 Å². The second kappa shape index (κ2) is 4.53. The van der Waals surface area contributed by atoms with Crippen LogP contribution in [0.2, 0.25) is 0 Å². The normalized spacial score (nSPS) is 25.1. The van der Waals surface area contributed by atoms with Crippen LogP contribution in [0.3, 0.4) is 0 Å². The molecule has 1 saturated carbocycles. The average Bonchev–Trinajstić information content (AvgIpc) is 2.24. The molecular formula is C11H15NO3S. The smallest absolute Gasteiger partial charge is 0.240 e. The quantitative estimate of drug-likeness (QED) is 0.860. The summed E-state index contributed by atoms with van der Waals surface area (Å²) < 4.78 is 31.5. The van der Waals surface area contributed by atoms with Gasteiger partial charge in [-0.25, -0.2) is 13.1 Å². The lowest BCUT2D eigenvalue weighted by atomic mass is 9.90. The molecule has 4 nitrogen and oxygen atoms in total. The Balaban J connectivity index is 2.00. The first kappa shape index (κ1) is 11.6. The molecule has 5 heteroatoms. The van der Waals surface area contributed by atoms with Gasteiger partial charge in [0.15, 0.2) is 0 Å². The summed E-state index contributed by atoms with van der Waals surface area (Å²) >= 11 is 0. The molecule has 0 atom stereocenters. The highest BCUT2D eigenvalue weighted by Gasteiger charge is 2.32. The van der Waals surface area contributed by atoms with Crippen LogP contribution in [-0.2, 0) is 14.8 Å². The largest absolute Gasteiger partial charge is 0.381 e. The molecule has 1 aromatic rings. The van der Waals surface area contributed by atoms with Gasteiger partial charge >= 0.3 is 0 Å². The molecule has 1 aromatic carbocycles. The third-order valence-corrected chi connectivity index (χ3v) is 4.34. The molecule has 1 aliphatic carbocycles. The van der Waals surface area contributed by atoms with Gasteiger partial charge in [-0.3, -0.25) is 0 Å². The predicted octanol–water partition coefficient (Wildman–Crippen LogP) is 1.14. The van der Waals surface area contributed by atoms with Crippen molar-refractivity contribution in [3.8, 4) is 0 Å². The lowest BCUT2D eigenvalue weighted by molar-refractivity contribution is 0.0236. The van der Waals surface area contributed by atoms with E-state index in [0.29, 0.717) is 4.90 Å². The van der Waals surface area contributed by atoms with Gasteiger partial charge in [0, 0.05) is 13.2 Å². The van der Waals surface area contributed by atoms with E-state index in [2.05, 4.69) is 4.72 Å². The van der Waals surface area contributed by atoms with Crippen molar-refractivity contribution in [3.63, 3.8) is 0 Å². The molecule has 0 aliphatic heterocycles. The van der Waals surface area contributed by atoms with Gasteiger partial charge < -0.3 is 4.74 Å². The molecule has 0 heterocycles. The van der Waals surface area contributed by atoms with Gasteiger partial charge in [-0.1, -0.05) is 18.2 Å². The number of benzene rings is 1. The SMILES string of the molecule is COC1CC(NS(=O)(=O)c2ccccc2)C1.